The predicted octanol–water partition coefficient (Wildman–Crippen LogP) is 3.44. The number of nitrogens with one attached hydrogen (secondary N) is 1. The van der Waals surface area contributed by atoms with E-state index in [0.29, 0.717) is 5.82 Å². The second kappa shape index (κ2) is 4.61. The summed E-state index contributed by atoms with van der Waals surface area (Å²) >= 11 is 3.38. The third-order valence-electron chi connectivity index (χ3n) is 2.08. The van der Waals surface area contributed by atoms with Crippen molar-refractivity contribution in [2.75, 3.05) is 5.32 Å². The molecule has 96 valence electrons. The lowest BCUT2D eigenvalue weighted by Gasteiger charge is -2.19. The Morgan fingerprint density at radius 1 is 1.44 bits per heavy atom. The van der Waals surface area contributed by atoms with Crippen molar-refractivity contribution >= 4 is 33.4 Å². The normalized spacial score (nSPS) is 11.6. The van der Waals surface area contributed by atoms with E-state index in [9.17, 15) is 4.79 Å². The SMILES string of the molecule is CC(C)(C)OC(=O)Nc1cc2cc(Br)cn2cn1. The first-order valence-corrected chi connectivity index (χ1v) is 6.26. The molecule has 0 saturated carbocycles. The summed E-state index contributed by atoms with van der Waals surface area (Å²) in [6.45, 7) is 5.44. The molecule has 0 atom stereocenters. The fourth-order valence-corrected chi connectivity index (χ4v) is 1.91. The van der Waals surface area contributed by atoms with E-state index in [1.807, 2.05) is 37.4 Å². The van der Waals surface area contributed by atoms with Gasteiger partial charge in [-0.1, -0.05) is 0 Å². The van der Waals surface area contributed by atoms with Crippen LogP contribution in [-0.4, -0.2) is 21.1 Å². The van der Waals surface area contributed by atoms with Crippen LogP contribution in [0, 0.1) is 0 Å². The van der Waals surface area contributed by atoms with Crippen LogP contribution in [0.15, 0.2) is 29.1 Å². The quantitative estimate of drug-likeness (QED) is 0.877. The third-order valence-corrected chi connectivity index (χ3v) is 2.51. The molecule has 0 aliphatic rings. The highest BCUT2D eigenvalue weighted by molar-refractivity contribution is 9.10. The maximum Gasteiger partial charge on any atom is 0.413 e. The highest BCUT2D eigenvalue weighted by Gasteiger charge is 2.16. The van der Waals surface area contributed by atoms with Crippen molar-refractivity contribution in [2.24, 2.45) is 0 Å². The molecule has 2 aromatic rings. The van der Waals surface area contributed by atoms with Crippen molar-refractivity contribution in [2.45, 2.75) is 26.4 Å². The standard InChI is InChI=1S/C12H14BrN3O2/c1-12(2,3)18-11(17)15-10-5-9-4-8(13)6-16(9)7-14-10/h4-7H,1-3H3,(H,15,17). The van der Waals surface area contributed by atoms with E-state index < -0.39 is 11.7 Å². The van der Waals surface area contributed by atoms with Gasteiger partial charge in [0.25, 0.3) is 0 Å². The molecule has 0 spiro atoms. The number of hydrogen-bond donors (Lipinski definition) is 1. The van der Waals surface area contributed by atoms with Crippen molar-refractivity contribution < 1.29 is 9.53 Å². The van der Waals surface area contributed by atoms with Crippen molar-refractivity contribution in [1.82, 2.24) is 9.38 Å². The maximum absolute atomic E-state index is 11.6. The van der Waals surface area contributed by atoms with Gasteiger partial charge in [0.15, 0.2) is 0 Å². The minimum absolute atomic E-state index is 0.461. The number of hydrogen-bond acceptors (Lipinski definition) is 3. The Hall–Kier alpha value is -1.56. The van der Waals surface area contributed by atoms with Crippen molar-refractivity contribution in [3.63, 3.8) is 0 Å². The monoisotopic (exact) mass is 311 g/mol. The Balaban J connectivity index is 2.14. The minimum Gasteiger partial charge on any atom is -0.444 e. The molecule has 0 radical (unpaired) electrons. The molecular weight excluding hydrogens is 298 g/mol. The number of ether oxygens (including phenoxy) is 1. The summed E-state index contributed by atoms with van der Waals surface area (Å²) in [5.74, 6) is 0.461. The molecule has 6 heteroatoms. The third kappa shape index (κ3) is 3.22. The van der Waals surface area contributed by atoms with Gasteiger partial charge in [-0.15, -0.1) is 0 Å². The summed E-state index contributed by atoms with van der Waals surface area (Å²) < 4.78 is 7.96. The van der Waals surface area contributed by atoms with Crippen LogP contribution in [0.3, 0.4) is 0 Å². The van der Waals surface area contributed by atoms with Crippen LogP contribution in [0.2, 0.25) is 0 Å². The molecule has 2 aromatic heterocycles. The number of fused-ring (bicyclic) bond motifs is 1. The van der Waals surface area contributed by atoms with Gasteiger partial charge in [-0.3, -0.25) is 5.32 Å². The Kier molecular flexibility index (Phi) is 3.30. The first kappa shape index (κ1) is 12.9. The van der Waals surface area contributed by atoms with E-state index in [1.165, 1.54) is 0 Å². The van der Waals surface area contributed by atoms with Crippen molar-refractivity contribution in [3.05, 3.63) is 29.1 Å². The largest absolute Gasteiger partial charge is 0.444 e. The van der Waals surface area contributed by atoms with Crippen LogP contribution >= 0.6 is 15.9 Å². The summed E-state index contributed by atoms with van der Waals surface area (Å²) in [4.78, 5) is 15.7. The number of carbonyl (C=O) groups is 1. The molecule has 0 fully saturated rings. The first-order chi connectivity index (χ1) is 8.33. The summed E-state index contributed by atoms with van der Waals surface area (Å²) in [5.41, 5.74) is 0.412. The van der Waals surface area contributed by atoms with E-state index in [4.69, 9.17) is 4.74 Å². The molecule has 2 heterocycles. The van der Waals surface area contributed by atoms with E-state index in [0.717, 1.165) is 9.99 Å². The van der Waals surface area contributed by atoms with E-state index in [1.54, 1.807) is 12.4 Å². The topological polar surface area (TPSA) is 55.6 Å². The van der Waals surface area contributed by atoms with Gasteiger partial charge in [-0.2, -0.15) is 0 Å². The van der Waals surface area contributed by atoms with E-state index >= 15 is 0 Å². The molecule has 0 aliphatic carbocycles. The Labute approximate surface area is 113 Å². The fraction of sp³-hybridized carbons (Fsp3) is 0.333. The van der Waals surface area contributed by atoms with Gasteiger partial charge in [-0.25, -0.2) is 9.78 Å². The molecular formula is C12H14BrN3O2. The second-order valence-electron chi connectivity index (χ2n) is 4.89. The average molecular weight is 312 g/mol. The number of rotatable bonds is 1. The minimum atomic E-state index is -0.522. The molecule has 0 bridgehead atoms. The molecule has 5 nitrogen and oxygen atoms in total. The number of anilines is 1. The predicted molar refractivity (Wildman–Crippen MR) is 72.7 cm³/mol. The molecule has 2 rings (SSSR count). The van der Waals surface area contributed by atoms with Gasteiger partial charge in [0.2, 0.25) is 0 Å². The Bertz CT molecular complexity index is 587. The van der Waals surface area contributed by atoms with Gasteiger partial charge in [0.1, 0.15) is 17.7 Å². The Morgan fingerprint density at radius 2 is 2.17 bits per heavy atom. The van der Waals surface area contributed by atoms with Gasteiger partial charge in [-0.05, 0) is 42.8 Å². The van der Waals surface area contributed by atoms with Gasteiger partial charge >= 0.3 is 6.09 Å². The molecule has 0 aromatic carbocycles. The number of nitrogens with zero attached hydrogens (tertiary/aromatic N) is 2. The zero-order valence-electron chi connectivity index (χ0n) is 10.4. The summed E-state index contributed by atoms with van der Waals surface area (Å²) in [5, 5.41) is 2.60. The summed E-state index contributed by atoms with van der Waals surface area (Å²) in [6, 6.07) is 3.70. The zero-order valence-corrected chi connectivity index (χ0v) is 12.0. The smallest absolute Gasteiger partial charge is 0.413 e. The molecule has 0 saturated heterocycles. The van der Waals surface area contributed by atoms with Crippen molar-refractivity contribution in [3.8, 4) is 0 Å². The van der Waals surface area contributed by atoms with E-state index in [2.05, 4.69) is 26.2 Å². The van der Waals surface area contributed by atoms with Crippen LogP contribution in [0.25, 0.3) is 5.52 Å². The zero-order chi connectivity index (χ0) is 13.3. The highest BCUT2D eigenvalue weighted by atomic mass is 79.9. The molecule has 1 amide bonds. The summed E-state index contributed by atoms with van der Waals surface area (Å²) in [7, 11) is 0. The maximum atomic E-state index is 11.6. The van der Waals surface area contributed by atoms with Gasteiger partial charge < -0.3 is 9.14 Å². The van der Waals surface area contributed by atoms with Crippen LogP contribution in [0.4, 0.5) is 10.6 Å². The van der Waals surface area contributed by atoms with Gasteiger partial charge in [0.05, 0.1) is 5.52 Å². The van der Waals surface area contributed by atoms with E-state index in [-0.39, 0.29) is 0 Å². The number of amides is 1. The first-order valence-electron chi connectivity index (χ1n) is 5.47. The highest BCUT2D eigenvalue weighted by Crippen LogP contribution is 2.17. The summed E-state index contributed by atoms with van der Waals surface area (Å²) in [6.07, 6.45) is 3.01. The molecule has 0 unspecified atom stereocenters. The van der Waals surface area contributed by atoms with Crippen LogP contribution < -0.4 is 5.32 Å². The second-order valence-corrected chi connectivity index (χ2v) is 5.81. The lowest BCUT2D eigenvalue weighted by Crippen LogP contribution is -2.27. The van der Waals surface area contributed by atoms with Crippen LogP contribution in [-0.2, 0) is 4.74 Å². The lowest BCUT2D eigenvalue weighted by molar-refractivity contribution is 0.0635. The molecule has 1 N–H and O–H groups in total. The molecule has 18 heavy (non-hydrogen) atoms. The average Bonchev–Trinajstić information content (AvgIpc) is 2.53. The number of aromatic nitrogens is 2. The number of halogens is 1. The molecule has 0 aliphatic heterocycles. The van der Waals surface area contributed by atoms with Crippen LogP contribution in [0.1, 0.15) is 20.8 Å². The Morgan fingerprint density at radius 3 is 2.83 bits per heavy atom. The lowest BCUT2D eigenvalue weighted by atomic mass is 10.2. The van der Waals surface area contributed by atoms with Crippen LogP contribution in [0.5, 0.6) is 0 Å². The van der Waals surface area contributed by atoms with Crippen molar-refractivity contribution in [1.29, 1.82) is 0 Å². The van der Waals surface area contributed by atoms with Gasteiger partial charge in [0, 0.05) is 16.7 Å². The fourth-order valence-electron chi connectivity index (χ4n) is 1.45. The number of carbonyl (C=O) groups excluding carboxylic acids is 1.